The molecule has 4 aromatic carbocycles. The van der Waals surface area contributed by atoms with Gasteiger partial charge in [0.2, 0.25) is 5.90 Å². The van der Waals surface area contributed by atoms with E-state index >= 15 is 4.39 Å². The van der Waals surface area contributed by atoms with E-state index < -0.39 is 10.8 Å². The van der Waals surface area contributed by atoms with Gasteiger partial charge in [-0.1, -0.05) is 116 Å². The standard InChI is InChI=1S/C27H22FNOS4/c28-25(26(29-21-13-5-1-6-14-21)30-22-15-7-2-8-16-22)27(33-31-23-17-9-3-10-18-23)34-32-24-19-11-4-12-20-24/h1-20,25,27H/b29-26-. The van der Waals surface area contributed by atoms with Crippen molar-refractivity contribution in [3.8, 4) is 5.75 Å². The van der Waals surface area contributed by atoms with E-state index in [1.807, 2.05) is 109 Å². The lowest BCUT2D eigenvalue weighted by Gasteiger charge is -2.21. The van der Waals surface area contributed by atoms with Crippen LogP contribution in [0.25, 0.3) is 0 Å². The van der Waals surface area contributed by atoms with Crippen molar-refractivity contribution in [1.29, 1.82) is 0 Å². The molecular weight excluding hydrogens is 502 g/mol. The van der Waals surface area contributed by atoms with Crippen molar-refractivity contribution in [1.82, 2.24) is 0 Å². The molecule has 0 radical (unpaired) electrons. The molecule has 1 unspecified atom stereocenters. The first-order valence-corrected chi connectivity index (χ1v) is 15.0. The Labute approximate surface area is 215 Å². The van der Waals surface area contributed by atoms with Gasteiger partial charge in [0.1, 0.15) is 10.3 Å². The number of ether oxygens (including phenoxy) is 1. The van der Waals surface area contributed by atoms with Gasteiger partial charge in [-0.15, -0.1) is 0 Å². The summed E-state index contributed by atoms with van der Waals surface area (Å²) in [7, 11) is 6.06. The summed E-state index contributed by atoms with van der Waals surface area (Å²) in [6.45, 7) is 0. The second-order valence-corrected chi connectivity index (χ2v) is 12.1. The lowest BCUT2D eigenvalue weighted by atomic mass is 10.3. The fraction of sp³-hybridized carbons (Fsp3) is 0.0741. The summed E-state index contributed by atoms with van der Waals surface area (Å²) in [5, 5.41) is 0. The number of rotatable bonds is 10. The van der Waals surface area contributed by atoms with Crippen LogP contribution in [-0.2, 0) is 0 Å². The van der Waals surface area contributed by atoms with Gasteiger partial charge >= 0.3 is 0 Å². The van der Waals surface area contributed by atoms with Gasteiger partial charge in [-0.2, -0.15) is 0 Å². The minimum atomic E-state index is -1.44. The van der Waals surface area contributed by atoms with Gasteiger partial charge in [0.25, 0.3) is 0 Å². The summed E-state index contributed by atoms with van der Waals surface area (Å²) < 4.78 is 21.7. The van der Waals surface area contributed by atoms with Crippen LogP contribution in [0.4, 0.5) is 10.1 Å². The van der Waals surface area contributed by atoms with Crippen molar-refractivity contribution >= 4 is 54.8 Å². The maximum absolute atomic E-state index is 16.2. The molecule has 0 saturated heterocycles. The third-order valence-corrected chi connectivity index (χ3v) is 10.7. The highest BCUT2D eigenvalue weighted by atomic mass is 33.1. The molecule has 0 fully saturated rings. The second-order valence-electron chi connectivity index (χ2n) is 6.96. The zero-order valence-corrected chi connectivity index (χ0v) is 21.3. The first-order chi connectivity index (χ1) is 16.8. The quantitative estimate of drug-likeness (QED) is 0.0891. The van der Waals surface area contributed by atoms with Crippen molar-refractivity contribution in [2.75, 3.05) is 0 Å². The van der Waals surface area contributed by atoms with E-state index in [0.717, 1.165) is 9.79 Å². The van der Waals surface area contributed by atoms with E-state index in [2.05, 4.69) is 4.99 Å². The fourth-order valence-corrected chi connectivity index (χ4v) is 8.62. The van der Waals surface area contributed by atoms with E-state index in [9.17, 15) is 0 Å². The monoisotopic (exact) mass is 523 g/mol. The average molecular weight is 524 g/mol. The lowest BCUT2D eigenvalue weighted by molar-refractivity contribution is 0.389. The van der Waals surface area contributed by atoms with Crippen LogP contribution < -0.4 is 4.74 Å². The molecule has 4 rings (SSSR count). The van der Waals surface area contributed by atoms with Crippen molar-refractivity contribution in [2.24, 2.45) is 4.99 Å². The molecule has 0 aromatic heterocycles. The summed E-state index contributed by atoms with van der Waals surface area (Å²) >= 11 is 0. The molecule has 0 saturated carbocycles. The van der Waals surface area contributed by atoms with E-state index in [1.165, 1.54) is 21.6 Å². The topological polar surface area (TPSA) is 21.6 Å². The molecule has 0 N–H and O–H groups in total. The van der Waals surface area contributed by atoms with Crippen LogP contribution in [0.1, 0.15) is 0 Å². The zero-order chi connectivity index (χ0) is 23.4. The molecule has 0 spiro atoms. The Kier molecular flexibility index (Phi) is 9.87. The van der Waals surface area contributed by atoms with Crippen molar-refractivity contribution < 1.29 is 9.13 Å². The summed E-state index contributed by atoms with van der Waals surface area (Å²) in [5.74, 6) is 0.602. The summed E-state index contributed by atoms with van der Waals surface area (Å²) in [4.78, 5) is 6.70. The first-order valence-electron chi connectivity index (χ1n) is 10.6. The highest BCUT2D eigenvalue weighted by Crippen LogP contribution is 2.48. The number of halogens is 1. The van der Waals surface area contributed by atoms with Crippen LogP contribution in [0.3, 0.4) is 0 Å². The third-order valence-electron chi connectivity index (χ3n) is 4.40. The molecule has 7 heteroatoms. The highest BCUT2D eigenvalue weighted by molar-refractivity contribution is 8.85. The largest absolute Gasteiger partial charge is 0.440 e. The maximum Gasteiger partial charge on any atom is 0.231 e. The second kappa shape index (κ2) is 13.5. The molecule has 0 aliphatic rings. The van der Waals surface area contributed by atoms with E-state index in [4.69, 9.17) is 4.74 Å². The maximum atomic E-state index is 16.2. The molecule has 0 amide bonds. The molecule has 1 atom stereocenters. The summed E-state index contributed by atoms with van der Waals surface area (Å²) in [6.07, 6.45) is -1.44. The van der Waals surface area contributed by atoms with Crippen LogP contribution in [-0.4, -0.2) is 16.7 Å². The smallest absolute Gasteiger partial charge is 0.231 e. The third kappa shape index (κ3) is 7.87. The first kappa shape index (κ1) is 24.8. The SMILES string of the molecule is FC(/C(=N/c1ccccc1)Oc1ccccc1)C(SSc1ccccc1)SSc1ccccc1. The van der Waals surface area contributed by atoms with E-state index in [0.29, 0.717) is 11.4 Å². The van der Waals surface area contributed by atoms with E-state index in [1.54, 1.807) is 33.7 Å². The Morgan fingerprint density at radius 1 is 0.618 bits per heavy atom. The zero-order valence-electron chi connectivity index (χ0n) is 18.1. The van der Waals surface area contributed by atoms with Crippen LogP contribution in [0.5, 0.6) is 5.75 Å². The van der Waals surface area contributed by atoms with Gasteiger partial charge in [0, 0.05) is 9.79 Å². The predicted octanol–water partition coefficient (Wildman–Crippen LogP) is 9.34. The van der Waals surface area contributed by atoms with Crippen molar-refractivity contribution in [2.45, 2.75) is 20.5 Å². The van der Waals surface area contributed by atoms with Gasteiger partial charge in [-0.05, 0) is 48.5 Å². The average Bonchev–Trinajstić information content (AvgIpc) is 2.90. The van der Waals surface area contributed by atoms with Crippen LogP contribution in [0, 0.1) is 0 Å². The molecule has 0 aliphatic carbocycles. The predicted molar refractivity (Wildman–Crippen MR) is 149 cm³/mol. The van der Waals surface area contributed by atoms with Crippen LogP contribution in [0.15, 0.2) is 136 Å². The molecule has 0 aliphatic heterocycles. The molecule has 4 aromatic rings. The number of alkyl halides is 1. The lowest BCUT2D eigenvalue weighted by Crippen LogP contribution is -2.29. The van der Waals surface area contributed by atoms with Gasteiger partial charge < -0.3 is 4.74 Å². The molecular formula is C27H22FNOS4. The van der Waals surface area contributed by atoms with Crippen molar-refractivity contribution in [3.05, 3.63) is 121 Å². The number of aliphatic imine (C=N–C) groups is 1. The van der Waals surface area contributed by atoms with E-state index in [-0.39, 0.29) is 5.90 Å². The van der Waals surface area contributed by atoms with Gasteiger partial charge in [0.05, 0.1) is 5.69 Å². The van der Waals surface area contributed by atoms with Gasteiger partial charge in [-0.25, -0.2) is 9.38 Å². The van der Waals surface area contributed by atoms with Crippen LogP contribution in [0.2, 0.25) is 0 Å². The summed E-state index contributed by atoms with van der Waals surface area (Å²) in [5.41, 5.74) is 0.649. The molecule has 2 nitrogen and oxygen atoms in total. The Balaban J connectivity index is 1.58. The molecule has 172 valence electrons. The Morgan fingerprint density at radius 2 is 1.06 bits per heavy atom. The van der Waals surface area contributed by atoms with Crippen molar-refractivity contribution in [3.63, 3.8) is 0 Å². The minimum Gasteiger partial charge on any atom is -0.440 e. The van der Waals surface area contributed by atoms with Gasteiger partial charge in [0.15, 0.2) is 6.17 Å². The highest BCUT2D eigenvalue weighted by Gasteiger charge is 2.31. The number of hydrogen-bond donors (Lipinski definition) is 0. The Hall–Kier alpha value is -2.32. The van der Waals surface area contributed by atoms with Gasteiger partial charge in [-0.3, -0.25) is 0 Å². The minimum absolute atomic E-state index is 0.0460. The Bertz CT molecular complexity index is 1100. The Morgan fingerprint density at radius 3 is 1.56 bits per heavy atom. The number of para-hydroxylation sites is 2. The molecule has 34 heavy (non-hydrogen) atoms. The number of nitrogens with zero attached hydrogens (tertiary/aromatic N) is 1. The fourth-order valence-electron chi connectivity index (χ4n) is 2.77. The summed E-state index contributed by atoms with van der Waals surface area (Å²) in [6, 6.07) is 38.6. The van der Waals surface area contributed by atoms with Crippen LogP contribution >= 0.6 is 43.2 Å². The normalized spacial score (nSPS) is 12.5. The number of benzene rings is 4. The molecule has 0 bridgehead atoms. The molecule has 0 heterocycles. The number of hydrogen-bond acceptors (Lipinski definition) is 6.